The summed E-state index contributed by atoms with van der Waals surface area (Å²) < 4.78 is 27.0. The van der Waals surface area contributed by atoms with Gasteiger partial charge in [-0.15, -0.1) is 0 Å². The summed E-state index contributed by atoms with van der Waals surface area (Å²) in [5.41, 5.74) is 0.296. The summed E-state index contributed by atoms with van der Waals surface area (Å²) in [5.74, 6) is 1.08. The quantitative estimate of drug-likeness (QED) is 0.653. The predicted molar refractivity (Wildman–Crippen MR) is 89.8 cm³/mol. The van der Waals surface area contributed by atoms with E-state index in [4.69, 9.17) is 28.3 Å². The topological polar surface area (TPSA) is 66.4 Å². The molecule has 0 amide bonds. The van der Waals surface area contributed by atoms with E-state index < -0.39 is 10.0 Å². The molecule has 0 fully saturated rings. The standard InChI is InChI=1S/C13H19Cl2NO3S2/c1-20-6-4-2-3-5-16-21(18,19)12-8-11(14)7-10(9-17)13(12)15/h7-8,16-17H,2-6,9H2,1H3. The first kappa shape index (κ1) is 19.1. The Hall–Kier alpha value is 0.0200. The second kappa shape index (κ2) is 9.22. The van der Waals surface area contributed by atoms with Gasteiger partial charge < -0.3 is 5.11 Å². The van der Waals surface area contributed by atoms with Crippen LogP contribution in [0.5, 0.6) is 0 Å². The summed E-state index contributed by atoms with van der Waals surface area (Å²) >= 11 is 13.6. The van der Waals surface area contributed by atoms with Crippen molar-refractivity contribution in [2.24, 2.45) is 0 Å². The molecule has 0 bridgehead atoms. The maximum Gasteiger partial charge on any atom is 0.242 e. The third kappa shape index (κ3) is 5.96. The van der Waals surface area contributed by atoms with E-state index in [1.165, 1.54) is 12.1 Å². The fourth-order valence-electron chi connectivity index (χ4n) is 1.76. The van der Waals surface area contributed by atoms with Crippen LogP contribution >= 0.6 is 35.0 Å². The number of sulfonamides is 1. The summed E-state index contributed by atoms with van der Waals surface area (Å²) in [6, 6.07) is 2.74. The molecule has 0 aromatic heterocycles. The van der Waals surface area contributed by atoms with Crippen LogP contribution in [0.25, 0.3) is 0 Å². The van der Waals surface area contributed by atoms with Crippen molar-refractivity contribution in [1.29, 1.82) is 0 Å². The molecule has 0 aliphatic rings. The Morgan fingerprint density at radius 3 is 2.57 bits per heavy atom. The zero-order valence-corrected chi connectivity index (χ0v) is 14.9. The van der Waals surface area contributed by atoms with Crippen LogP contribution in [-0.4, -0.2) is 32.1 Å². The number of aliphatic hydroxyl groups is 1. The summed E-state index contributed by atoms with van der Waals surface area (Å²) in [7, 11) is -3.72. The lowest BCUT2D eigenvalue weighted by Crippen LogP contribution is -2.25. The number of halogens is 2. The van der Waals surface area contributed by atoms with E-state index in [2.05, 4.69) is 4.72 Å². The van der Waals surface area contributed by atoms with Crippen molar-refractivity contribution in [3.63, 3.8) is 0 Å². The van der Waals surface area contributed by atoms with Gasteiger partial charge in [-0.3, -0.25) is 0 Å². The zero-order chi connectivity index (χ0) is 15.9. The number of benzene rings is 1. The number of nitrogens with one attached hydrogen (secondary N) is 1. The van der Waals surface area contributed by atoms with Crippen molar-refractivity contribution < 1.29 is 13.5 Å². The van der Waals surface area contributed by atoms with Gasteiger partial charge >= 0.3 is 0 Å². The van der Waals surface area contributed by atoms with Gasteiger partial charge in [-0.05, 0) is 42.5 Å². The van der Waals surface area contributed by atoms with Crippen LogP contribution in [0.2, 0.25) is 10.0 Å². The summed E-state index contributed by atoms with van der Waals surface area (Å²) in [6.07, 6.45) is 4.84. The van der Waals surface area contributed by atoms with E-state index >= 15 is 0 Å². The third-order valence-corrected chi connectivity index (χ3v) is 5.82. The monoisotopic (exact) mass is 371 g/mol. The fraction of sp³-hybridized carbons (Fsp3) is 0.538. The SMILES string of the molecule is CSCCCCCNS(=O)(=O)c1cc(Cl)cc(CO)c1Cl. The van der Waals surface area contributed by atoms with Crippen molar-refractivity contribution in [2.45, 2.75) is 30.8 Å². The third-order valence-electron chi connectivity index (χ3n) is 2.86. The molecule has 120 valence electrons. The van der Waals surface area contributed by atoms with Crippen molar-refractivity contribution in [2.75, 3.05) is 18.6 Å². The van der Waals surface area contributed by atoms with Gasteiger partial charge in [0.1, 0.15) is 4.90 Å². The first-order valence-electron chi connectivity index (χ1n) is 6.49. The zero-order valence-electron chi connectivity index (χ0n) is 11.7. The van der Waals surface area contributed by atoms with Crippen LogP contribution in [0, 0.1) is 0 Å². The van der Waals surface area contributed by atoms with Gasteiger partial charge in [-0.2, -0.15) is 11.8 Å². The molecule has 0 spiro atoms. The smallest absolute Gasteiger partial charge is 0.242 e. The van der Waals surface area contributed by atoms with Crippen LogP contribution in [0.4, 0.5) is 0 Å². The minimum Gasteiger partial charge on any atom is -0.392 e. The first-order valence-corrected chi connectivity index (χ1v) is 10.1. The van der Waals surface area contributed by atoms with E-state index in [1.807, 2.05) is 6.26 Å². The molecule has 0 saturated heterocycles. The average Bonchev–Trinajstić information content (AvgIpc) is 2.44. The summed E-state index contributed by atoms with van der Waals surface area (Å²) in [5, 5.41) is 9.41. The fourth-order valence-corrected chi connectivity index (χ4v) is 4.25. The Labute approximate surface area is 140 Å². The number of unbranched alkanes of at least 4 members (excludes halogenated alkanes) is 2. The molecule has 4 nitrogen and oxygen atoms in total. The Kier molecular flexibility index (Phi) is 8.38. The van der Waals surface area contributed by atoms with Crippen molar-refractivity contribution in [3.8, 4) is 0 Å². The molecule has 8 heteroatoms. The molecule has 0 unspecified atom stereocenters. The normalized spacial score (nSPS) is 11.8. The maximum absolute atomic E-state index is 12.2. The highest BCUT2D eigenvalue weighted by Gasteiger charge is 2.20. The van der Waals surface area contributed by atoms with Gasteiger partial charge in [0.05, 0.1) is 11.6 Å². The van der Waals surface area contributed by atoms with Crippen LogP contribution in [0.15, 0.2) is 17.0 Å². The number of hydrogen-bond acceptors (Lipinski definition) is 4. The molecule has 0 aliphatic carbocycles. The number of thioether (sulfide) groups is 1. The van der Waals surface area contributed by atoms with Crippen LogP contribution in [0.1, 0.15) is 24.8 Å². The number of rotatable bonds is 9. The average molecular weight is 372 g/mol. The van der Waals surface area contributed by atoms with E-state index in [9.17, 15) is 8.42 Å². The van der Waals surface area contributed by atoms with Gasteiger partial charge in [0, 0.05) is 11.6 Å². The lowest BCUT2D eigenvalue weighted by Gasteiger charge is -2.11. The van der Waals surface area contributed by atoms with Crippen molar-refractivity contribution >= 4 is 45.0 Å². The second-order valence-corrected chi connectivity index (χ2v) is 8.02. The molecule has 0 atom stereocenters. The molecule has 0 radical (unpaired) electrons. The lowest BCUT2D eigenvalue weighted by atomic mass is 10.2. The van der Waals surface area contributed by atoms with Gasteiger partial charge in [0.15, 0.2) is 0 Å². The van der Waals surface area contributed by atoms with Gasteiger partial charge in [-0.25, -0.2) is 13.1 Å². The highest BCUT2D eigenvalue weighted by atomic mass is 35.5. The van der Waals surface area contributed by atoms with Crippen molar-refractivity contribution in [3.05, 3.63) is 27.7 Å². The Morgan fingerprint density at radius 2 is 1.95 bits per heavy atom. The summed E-state index contributed by atoms with van der Waals surface area (Å²) in [6.45, 7) is -0.00931. The van der Waals surface area contributed by atoms with Crippen molar-refractivity contribution in [1.82, 2.24) is 4.72 Å². The first-order chi connectivity index (χ1) is 9.92. The molecule has 21 heavy (non-hydrogen) atoms. The van der Waals surface area contributed by atoms with E-state index in [0.29, 0.717) is 12.1 Å². The highest BCUT2D eigenvalue weighted by molar-refractivity contribution is 7.98. The maximum atomic E-state index is 12.2. The Bertz CT molecular complexity index is 565. The molecule has 0 aliphatic heterocycles. The lowest BCUT2D eigenvalue weighted by molar-refractivity contribution is 0.281. The van der Waals surface area contributed by atoms with E-state index in [-0.39, 0.29) is 21.5 Å². The summed E-state index contributed by atoms with van der Waals surface area (Å²) in [4.78, 5) is -0.0927. The second-order valence-electron chi connectivity index (χ2n) is 4.49. The minimum atomic E-state index is -3.72. The molecule has 0 saturated carbocycles. The molecule has 1 rings (SSSR count). The minimum absolute atomic E-state index is 0.0109. The van der Waals surface area contributed by atoms with E-state index in [1.54, 1.807) is 11.8 Å². The van der Waals surface area contributed by atoms with Crippen LogP contribution < -0.4 is 4.72 Å². The molecule has 2 N–H and O–H groups in total. The molecule has 1 aromatic rings. The largest absolute Gasteiger partial charge is 0.392 e. The molecule has 1 aromatic carbocycles. The van der Waals surface area contributed by atoms with Crippen LogP contribution in [0.3, 0.4) is 0 Å². The van der Waals surface area contributed by atoms with E-state index in [0.717, 1.165) is 25.0 Å². The predicted octanol–water partition coefficient (Wildman–Crippen LogP) is 3.30. The molecule has 0 heterocycles. The number of aliphatic hydroxyl groups excluding tert-OH is 1. The molecular formula is C13H19Cl2NO3S2. The Morgan fingerprint density at radius 1 is 1.24 bits per heavy atom. The van der Waals surface area contributed by atoms with Crippen LogP contribution in [-0.2, 0) is 16.6 Å². The van der Waals surface area contributed by atoms with Gasteiger partial charge in [-0.1, -0.05) is 29.6 Å². The van der Waals surface area contributed by atoms with Gasteiger partial charge in [0.25, 0.3) is 0 Å². The molecular weight excluding hydrogens is 353 g/mol. The van der Waals surface area contributed by atoms with Gasteiger partial charge in [0.2, 0.25) is 10.0 Å². The number of hydrogen-bond donors (Lipinski definition) is 2. The Balaban J connectivity index is 2.72. The highest BCUT2D eigenvalue weighted by Crippen LogP contribution is 2.29.